The number of benzene rings is 1. The largest absolute Gasteiger partial charge is 0.444 e. The molecular formula is C22H33N3O5. The Kier molecular flexibility index (Phi) is 9.11. The van der Waals surface area contributed by atoms with Gasteiger partial charge in [-0.2, -0.15) is 0 Å². The molecule has 0 radical (unpaired) electrons. The topological polar surface area (TPSA) is 106 Å². The van der Waals surface area contributed by atoms with Crippen LogP contribution in [-0.2, 0) is 25.6 Å². The van der Waals surface area contributed by atoms with Crippen molar-refractivity contribution in [2.24, 2.45) is 5.92 Å². The van der Waals surface area contributed by atoms with Crippen molar-refractivity contribution in [3.63, 3.8) is 0 Å². The molecule has 2 rings (SSSR count). The highest BCUT2D eigenvalue weighted by atomic mass is 16.6. The van der Waals surface area contributed by atoms with Crippen molar-refractivity contribution in [1.82, 2.24) is 10.6 Å². The predicted octanol–water partition coefficient (Wildman–Crippen LogP) is 2.97. The van der Waals surface area contributed by atoms with Gasteiger partial charge in [0.05, 0.1) is 0 Å². The third-order valence-corrected chi connectivity index (χ3v) is 4.60. The van der Waals surface area contributed by atoms with Gasteiger partial charge in [0.25, 0.3) is 0 Å². The number of amides is 3. The van der Waals surface area contributed by atoms with Gasteiger partial charge < -0.3 is 25.4 Å². The zero-order chi connectivity index (χ0) is 22.0. The molecule has 0 bridgehead atoms. The molecule has 1 aromatic rings. The van der Waals surface area contributed by atoms with Gasteiger partial charge in [-0.15, -0.1) is 0 Å². The van der Waals surface area contributed by atoms with Gasteiger partial charge in [0.1, 0.15) is 5.60 Å². The van der Waals surface area contributed by atoms with E-state index in [-0.39, 0.29) is 24.8 Å². The van der Waals surface area contributed by atoms with Crippen LogP contribution in [0.5, 0.6) is 0 Å². The molecule has 0 aliphatic carbocycles. The van der Waals surface area contributed by atoms with E-state index < -0.39 is 11.7 Å². The first-order valence-electron chi connectivity index (χ1n) is 10.4. The molecule has 3 N–H and O–H groups in total. The molecule has 8 nitrogen and oxygen atoms in total. The van der Waals surface area contributed by atoms with Gasteiger partial charge in [0.15, 0.2) is 0 Å². The fourth-order valence-electron chi connectivity index (χ4n) is 3.08. The van der Waals surface area contributed by atoms with Crippen LogP contribution in [0.15, 0.2) is 24.3 Å². The van der Waals surface area contributed by atoms with E-state index in [2.05, 4.69) is 16.0 Å². The van der Waals surface area contributed by atoms with E-state index >= 15 is 0 Å². The Bertz CT molecular complexity index is 724. The Balaban J connectivity index is 1.76. The second-order valence-corrected chi connectivity index (χ2v) is 8.42. The molecule has 0 atom stereocenters. The van der Waals surface area contributed by atoms with E-state index in [1.807, 2.05) is 18.2 Å². The summed E-state index contributed by atoms with van der Waals surface area (Å²) in [5.41, 5.74) is 0.887. The number of alkyl carbamates (subject to hydrolysis) is 1. The second-order valence-electron chi connectivity index (χ2n) is 8.42. The fraction of sp³-hybridized carbons (Fsp3) is 0.591. The lowest BCUT2D eigenvalue weighted by molar-refractivity contribution is -0.122. The van der Waals surface area contributed by atoms with Crippen LogP contribution in [0.1, 0.15) is 52.0 Å². The number of carbonyl (C=O) groups is 3. The highest BCUT2D eigenvalue weighted by Crippen LogP contribution is 2.19. The van der Waals surface area contributed by atoms with Crippen LogP contribution in [0.2, 0.25) is 0 Å². The van der Waals surface area contributed by atoms with E-state index in [4.69, 9.17) is 9.47 Å². The van der Waals surface area contributed by atoms with Crippen molar-refractivity contribution in [3.05, 3.63) is 29.8 Å². The summed E-state index contributed by atoms with van der Waals surface area (Å²) in [4.78, 5) is 36.1. The maximum atomic E-state index is 12.2. The van der Waals surface area contributed by atoms with Gasteiger partial charge >= 0.3 is 6.09 Å². The van der Waals surface area contributed by atoms with Gasteiger partial charge in [-0.1, -0.05) is 18.2 Å². The maximum absolute atomic E-state index is 12.2. The first-order chi connectivity index (χ1) is 14.2. The smallest absolute Gasteiger partial charge is 0.407 e. The van der Waals surface area contributed by atoms with Crippen molar-refractivity contribution in [1.29, 1.82) is 0 Å². The molecular weight excluding hydrogens is 386 g/mol. The van der Waals surface area contributed by atoms with Crippen molar-refractivity contribution in [2.45, 2.75) is 58.6 Å². The molecule has 1 heterocycles. The van der Waals surface area contributed by atoms with Crippen LogP contribution in [-0.4, -0.2) is 43.3 Å². The molecule has 3 amide bonds. The Hall–Kier alpha value is -2.61. The van der Waals surface area contributed by atoms with Crippen LogP contribution in [0.4, 0.5) is 10.5 Å². The number of ether oxygens (including phenoxy) is 2. The van der Waals surface area contributed by atoms with Crippen LogP contribution in [0.25, 0.3) is 0 Å². The van der Waals surface area contributed by atoms with Gasteiger partial charge in [0, 0.05) is 44.8 Å². The number of nitrogens with one attached hydrogen (secondary N) is 3. The lowest BCUT2D eigenvalue weighted by Crippen LogP contribution is -2.34. The molecule has 0 spiro atoms. The minimum Gasteiger partial charge on any atom is -0.444 e. The summed E-state index contributed by atoms with van der Waals surface area (Å²) < 4.78 is 10.5. The van der Waals surface area contributed by atoms with E-state index in [1.54, 1.807) is 26.8 Å². The Morgan fingerprint density at radius 2 is 1.77 bits per heavy atom. The standard InChI is InChI=1S/C22H33N3O5/c1-22(2,3)30-21(28)23-11-8-19(26)25-18-7-5-4-6-17(18)15-24-20(27)14-16-9-12-29-13-10-16/h4-7,16H,8-15H2,1-3H3,(H,23,28)(H,24,27)(H,25,26). The van der Waals surface area contributed by atoms with Crippen molar-refractivity contribution in [2.75, 3.05) is 25.1 Å². The normalized spacial score (nSPS) is 14.6. The van der Waals surface area contributed by atoms with E-state index in [0.29, 0.717) is 24.6 Å². The minimum absolute atomic E-state index is 0.00425. The zero-order valence-corrected chi connectivity index (χ0v) is 18.1. The van der Waals surface area contributed by atoms with Crippen LogP contribution < -0.4 is 16.0 Å². The first kappa shape index (κ1) is 23.7. The van der Waals surface area contributed by atoms with Crippen LogP contribution in [0, 0.1) is 5.92 Å². The van der Waals surface area contributed by atoms with Gasteiger partial charge in [-0.25, -0.2) is 4.79 Å². The summed E-state index contributed by atoms with van der Waals surface area (Å²) in [5, 5.41) is 8.34. The molecule has 1 aromatic carbocycles. The minimum atomic E-state index is -0.583. The van der Waals surface area contributed by atoms with Crippen molar-refractivity contribution < 1.29 is 23.9 Å². The van der Waals surface area contributed by atoms with Crippen LogP contribution in [0.3, 0.4) is 0 Å². The van der Waals surface area contributed by atoms with Gasteiger partial charge in [-0.3, -0.25) is 9.59 Å². The Morgan fingerprint density at radius 3 is 2.47 bits per heavy atom. The van der Waals surface area contributed by atoms with E-state index in [1.165, 1.54) is 0 Å². The number of para-hydroxylation sites is 1. The molecule has 1 fully saturated rings. The fourth-order valence-corrected chi connectivity index (χ4v) is 3.08. The molecule has 1 aliphatic rings. The molecule has 1 aliphatic heterocycles. The van der Waals surface area contributed by atoms with E-state index in [9.17, 15) is 14.4 Å². The Morgan fingerprint density at radius 1 is 1.07 bits per heavy atom. The number of hydrogen-bond acceptors (Lipinski definition) is 5. The summed E-state index contributed by atoms with van der Waals surface area (Å²) in [6.07, 6.45) is 1.88. The predicted molar refractivity (Wildman–Crippen MR) is 114 cm³/mol. The summed E-state index contributed by atoms with van der Waals surface area (Å²) in [6.45, 7) is 7.28. The quantitative estimate of drug-likeness (QED) is 0.601. The van der Waals surface area contributed by atoms with Gasteiger partial charge in [0.2, 0.25) is 11.8 Å². The average molecular weight is 420 g/mol. The lowest BCUT2D eigenvalue weighted by atomic mass is 9.96. The number of carbonyl (C=O) groups excluding carboxylic acids is 3. The van der Waals surface area contributed by atoms with Gasteiger partial charge in [-0.05, 0) is 51.2 Å². The molecule has 8 heteroatoms. The zero-order valence-electron chi connectivity index (χ0n) is 18.1. The molecule has 166 valence electrons. The molecule has 1 saturated heterocycles. The molecule has 0 unspecified atom stereocenters. The monoisotopic (exact) mass is 419 g/mol. The highest BCUT2D eigenvalue weighted by molar-refractivity contribution is 5.92. The maximum Gasteiger partial charge on any atom is 0.407 e. The second kappa shape index (κ2) is 11.5. The third-order valence-electron chi connectivity index (χ3n) is 4.60. The van der Waals surface area contributed by atoms with Crippen LogP contribution >= 0.6 is 0 Å². The lowest BCUT2D eigenvalue weighted by Gasteiger charge is -2.21. The third kappa shape index (κ3) is 9.26. The molecule has 0 saturated carbocycles. The molecule has 0 aromatic heterocycles. The Labute approximate surface area is 178 Å². The molecule has 30 heavy (non-hydrogen) atoms. The highest BCUT2D eigenvalue weighted by Gasteiger charge is 2.18. The summed E-state index contributed by atoms with van der Waals surface area (Å²) in [5.74, 6) is 0.141. The van der Waals surface area contributed by atoms with Crippen molar-refractivity contribution in [3.8, 4) is 0 Å². The SMILES string of the molecule is CC(C)(C)OC(=O)NCCC(=O)Nc1ccccc1CNC(=O)CC1CCOCC1. The summed E-state index contributed by atoms with van der Waals surface area (Å²) in [7, 11) is 0. The number of anilines is 1. The number of rotatable bonds is 8. The average Bonchev–Trinajstić information content (AvgIpc) is 2.66. The number of hydrogen-bond donors (Lipinski definition) is 3. The summed E-state index contributed by atoms with van der Waals surface area (Å²) in [6, 6.07) is 7.34. The summed E-state index contributed by atoms with van der Waals surface area (Å²) >= 11 is 0. The first-order valence-corrected chi connectivity index (χ1v) is 10.4. The van der Waals surface area contributed by atoms with E-state index in [0.717, 1.165) is 31.6 Å². The van der Waals surface area contributed by atoms with Crippen molar-refractivity contribution >= 4 is 23.6 Å².